The molecule has 1 saturated heterocycles. The summed E-state index contributed by atoms with van der Waals surface area (Å²) in [6, 6.07) is 8.60. The van der Waals surface area contributed by atoms with Crippen LogP contribution in [-0.4, -0.2) is 28.7 Å². The minimum absolute atomic E-state index is 0. The van der Waals surface area contributed by atoms with E-state index in [4.69, 9.17) is 4.99 Å². The average molecular weight is 417 g/mol. The molecular weight excluding hydrogens is 388 g/mol. The number of amides is 1. The molecule has 1 N–H and O–H groups in total. The van der Waals surface area contributed by atoms with E-state index in [0.29, 0.717) is 12.5 Å². The van der Waals surface area contributed by atoms with Gasteiger partial charge < -0.3 is 5.32 Å². The maximum Gasteiger partial charge on any atom is 0.224 e. The first-order valence-electron chi connectivity index (χ1n) is 9.82. The Morgan fingerprint density at radius 3 is 2.71 bits per heavy atom. The van der Waals surface area contributed by atoms with Crippen molar-refractivity contribution in [2.45, 2.75) is 43.9 Å². The topological polar surface area (TPSA) is 41.5 Å². The van der Waals surface area contributed by atoms with Crippen LogP contribution in [0.4, 0.5) is 0 Å². The molecule has 0 radical (unpaired) electrons. The fraction of sp³-hybridized carbons (Fsp3) is 0.478. The van der Waals surface area contributed by atoms with Crippen LogP contribution in [0.2, 0.25) is 0 Å². The molecule has 3 aliphatic rings. The molecule has 1 aliphatic carbocycles. The van der Waals surface area contributed by atoms with Crippen molar-refractivity contribution < 1.29 is 4.79 Å². The summed E-state index contributed by atoms with van der Waals surface area (Å²) in [7, 11) is 0. The Labute approximate surface area is 178 Å². The van der Waals surface area contributed by atoms with Crippen molar-refractivity contribution in [1.29, 1.82) is 0 Å². The van der Waals surface area contributed by atoms with Gasteiger partial charge in [-0.2, -0.15) is 0 Å². The summed E-state index contributed by atoms with van der Waals surface area (Å²) in [6.45, 7) is 8.08. The molecule has 3 atom stereocenters. The molecule has 0 aromatic heterocycles. The zero-order chi connectivity index (χ0) is 19.1. The van der Waals surface area contributed by atoms with Gasteiger partial charge in [0.25, 0.3) is 0 Å². The van der Waals surface area contributed by atoms with Crippen LogP contribution >= 0.6 is 24.2 Å². The average Bonchev–Trinajstić information content (AvgIpc) is 3.04. The standard InChI is InChI=1S/C23H28N2OS.ClH/c1-22(2,3)17-9-7-16(8-10-17)14-25-21(26)18-15-27-23-12-5-4-6-20(23)24-13-11-19(18)23;/h4-10,12,18-19H,11,13-15H2,1-3H3,(H,25,26);1H. The third-order valence-corrected chi connectivity index (χ3v) is 7.64. The highest BCUT2D eigenvalue weighted by molar-refractivity contribution is 8.02. The Morgan fingerprint density at radius 1 is 1.25 bits per heavy atom. The summed E-state index contributed by atoms with van der Waals surface area (Å²) in [6.07, 6.45) is 9.55. The van der Waals surface area contributed by atoms with Gasteiger partial charge in [0.2, 0.25) is 5.91 Å². The number of aliphatic imine (C=N–C) groups is 1. The number of thioether (sulfide) groups is 1. The van der Waals surface area contributed by atoms with Gasteiger partial charge in [-0.15, -0.1) is 24.2 Å². The molecule has 3 nitrogen and oxygen atoms in total. The molecule has 28 heavy (non-hydrogen) atoms. The van der Waals surface area contributed by atoms with Gasteiger partial charge in [0.1, 0.15) is 0 Å². The number of hydrogen-bond acceptors (Lipinski definition) is 3. The number of halogens is 1. The van der Waals surface area contributed by atoms with Crippen LogP contribution in [0.3, 0.4) is 0 Å². The molecule has 0 bridgehead atoms. The van der Waals surface area contributed by atoms with Crippen LogP contribution in [0.5, 0.6) is 0 Å². The van der Waals surface area contributed by atoms with Crippen molar-refractivity contribution in [3.8, 4) is 0 Å². The van der Waals surface area contributed by atoms with Crippen molar-refractivity contribution in [1.82, 2.24) is 5.32 Å². The van der Waals surface area contributed by atoms with Gasteiger partial charge in [-0.05, 0) is 35.0 Å². The monoisotopic (exact) mass is 416 g/mol. The molecule has 1 amide bonds. The maximum atomic E-state index is 13.0. The van der Waals surface area contributed by atoms with Gasteiger partial charge in [0.15, 0.2) is 0 Å². The minimum atomic E-state index is -0.0800. The summed E-state index contributed by atoms with van der Waals surface area (Å²) in [4.78, 5) is 17.7. The fourth-order valence-electron chi connectivity index (χ4n) is 4.36. The van der Waals surface area contributed by atoms with Crippen molar-refractivity contribution in [3.05, 3.63) is 59.7 Å². The van der Waals surface area contributed by atoms with E-state index in [9.17, 15) is 4.79 Å². The lowest BCUT2D eigenvalue weighted by atomic mass is 9.74. The second kappa shape index (κ2) is 8.08. The number of carbonyl (C=O) groups is 1. The second-order valence-electron chi connectivity index (χ2n) is 8.76. The lowest BCUT2D eigenvalue weighted by Gasteiger charge is -2.38. The first kappa shape index (κ1) is 21.2. The summed E-state index contributed by atoms with van der Waals surface area (Å²) in [5.41, 5.74) is 3.78. The highest BCUT2D eigenvalue weighted by atomic mass is 35.5. The quantitative estimate of drug-likeness (QED) is 0.775. The Balaban J connectivity index is 0.00000225. The molecule has 3 unspecified atom stereocenters. The smallest absolute Gasteiger partial charge is 0.224 e. The number of hydrogen-bond donors (Lipinski definition) is 1. The normalized spacial score (nSPS) is 28.0. The van der Waals surface area contributed by atoms with Gasteiger partial charge in [0.05, 0.1) is 16.4 Å². The van der Waals surface area contributed by atoms with E-state index in [1.807, 2.05) is 11.8 Å². The first-order valence-corrected chi connectivity index (χ1v) is 10.8. The van der Waals surface area contributed by atoms with Gasteiger partial charge >= 0.3 is 0 Å². The lowest BCUT2D eigenvalue weighted by molar-refractivity contribution is -0.125. The second-order valence-corrected chi connectivity index (χ2v) is 10.1. The SMILES string of the molecule is CC(C)(C)c1ccc(CNC(=O)C2CSC34C=CC=CC3=NCCC24)cc1.Cl. The molecule has 2 heterocycles. The molecule has 4 rings (SSSR count). The largest absolute Gasteiger partial charge is 0.352 e. The number of allylic oxidation sites excluding steroid dienone is 3. The Morgan fingerprint density at radius 2 is 2.00 bits per heavy atom. The molecule has 150 valence electrons. The molecular formula is C23H29ClN2OS. The van der Waals surface area contributed by atoms with Gasteiger partial charge in [-0.3, -0.25) is 9.79 Å². The number of nitrogens with zero attached hydrogens (tertiary/aromatic N) is 1. The molecule has 2 aliphatic heterocycles. The first-order chi connectivity index (χ1) is 12.9. The summed E-state index contributed by atoms with van der Waals surface area (Å²) in [5.74, 6) is 1.47. The van der Waals surface area contributed by atoms with E-state index in [1.54, 1.807) is 0 Å². The Kier molecular flexibility index (Phi) is 6.11. The Hall–Kier alpha value is -1.52. The van der Waals surface area contributed by atoms with Crippen molar-refractivity contribution in [3.63, 3.8) is 0 Å². The number of benzene rings is 1. The molecule has 1 aromatic carbocycles. The predicted octanol–water partition coefficient (Wildman–Crippen LogP) is 4.71. The lowest BCUT2D eigenvalue weighted by Crippen LogP contribution is -2.46. The number of carbonyl (C=O) groups excluding carboxylic acids is 1. The van der Waals surface area contributed by atoms with Crippen molar-refractivity contribution in [2.24, 2.45) is 16.8 Å². The van der Waals surface area contributed by atoms with E-state index in [2.05, 4.69) is 74.7 Å². The molecule has 0 saturated carbocycles. The highest BCUT2D eigenvalue weighted by Crippen LogP contribution is 2.52. The summed E-state index contributed by atoms with van der Waals surface area (Å²) >= 11 is 1.89. The molecule has 1 fully saturated rings. The summed E-state index contributed by atoms with van der Waals surface area (Å²) in [5, 5.41) is 3.19. The van der Waals surface area contributed by atoms with E-state index in [1.165, 1.54) is 5.56 Å². The van der Waals surface area contributed by atoms with Crippen molar-refractivity contribution >= 4 is 35.8 Å². The maximum absolute atomic E-state index is 13.0. The highest BCUT2D eigenvalue weighted by Gasteiger charge is 2.53. The molecule has 1 aromatic rings. The van der Waals surface area contributed by atoms with Crippen LogP contribution < -0.4 is 5.32 Å². The van der Waals surface area contributed by atoms with Crippen LogP contribution in [0.15, 0.2) is 53.6 Å². The number of rotatable bonds is 3. The van der Waals surface area contributed by atoms with Crippen LogP contribution in [0, 0.1) is 11.8 Å². The molecule has 1 spiro atoms. The fourth-order valence-corrected chi connectivity index (χ4v) is 6.15. The zero-order valence-corrected chi connectivity index (χ0v) is 18.4. The number of nitrogens with one attached hydrogen (secondary N) is 1. The van der Waals surface area contributed by atoms with Gasteiger partial charge in [-0.25, -0.2) is 0 Å². The summed E-state index contributed by atoms with van der Waals surface area (Å²) < 4.78 is -0.0800. The van der Waals surface area contributed by atoms with Crippen LogP contribution in [0.1, 0.15) is 38.3 Å². The Bertz CT molecular complexity index is 822. The third-order valence-electron chi connectivity index (χ3n) is 5.99. The van der Waals surface area contributed by atoms with E-state index < -0.39 is 0 Å². The van der Waals surface area contributed by atoms with Gasteiger partial charge in [0, 0.05) is 18.8 Å². The zero-order valence-electron chi connectivity index (χ0n) is 16.8. The van der Waals surface area contributed by atoms with E-state index in [-0.39, 0.29) is 34.4 Å². The third kappa shape index (κ3) is 3.81. The van der Waals surface area contributed by atoms with Crippen LogP contribution in [-0.2, 0) is 16.8 Å². The molecule has 5 heteroatoms. The van der Waals surface area contributed by atoms with Crippen molar-refractivity contribution in [2.75, 3.05) is 12.3 Å². The predicted molar refractivity (Wildman–Crippen MR) is 122 cm³/mol. The minimum Gasteiger partial charge on any atom is -0.352 e. The van der Waals surface area contributed by atoms with Crippen LogP contribution in [0.25, 0.3) is 0 Å². The van der Waals surface area contributed by atoms with E-state index in [0.717, 1.165) is 30.0 Å². The van der Waals surface area contributed by atoms with Gasteiger partial charge in [-0.1, -0.05) is 63.3 Å². The van der Waals surface area contributed by atoms with E-state index >= 15 is 0 Å².